The smallest absolute Gasteiger partial charge is 0.253 e. The summed E-state index contributed by atoms with van der Waals surface area (Å²) < 4.78 is 0. The van der Waals surface area contributed by atoms with Crippen LogP contribution in [-0.2, 0) is 4.79 Å². The molecule has 2 amide bonds. The Morgan fingerprint density at radius 1 is 1.24 bits per heavy atom. The van der Waals surface area contributed by atoms with Crippen molar-refractivity contribution in [2.24, 2.45) is 4.99 Å². The molecule has 0 heterocycles. The molecule has 0 radical (unpaired) electrons. The van der Waals surface area contributed by atoms with Gasteiger partial charge in [0, 0.05) is 32.3 Å². The molecule has 0 bridgehead atoms. The van der Waals surface area contributed by atoms with Crippen molar-refractivity contribution in [3.05, 3.63) is 35.2 Å². The van der Waals surface area contributed by atoms with Crippen molar-refractivity contribution >= 4 is 41.3 Å². The van der Waals surface area contributed by atoms with Crippen molar-refractivity contribution in [3.8, 4) is 12.8 Å². The molecule has 1 saturated carbocycles. The van der Waals surface area contributed by atoms with E-state index in [4.69, 9.17) is 5.11 Å². The second-order valence-corrected chi connectivity index (χ2v) is 8.37. The number of aliphatic imine (C=N–C) groups is 1. The van der Waals surface area contributed by atoms with Gasteiger partial charge in [-0.15, -0.1) is 24.6 Å². The molecular formula is C26H40N4O3S. The van der Waals surface area contributed by atoms with Crippen LogP contribution in [0.25, 0.3) is 0 Å². The molecule has 34 heavy (non-hydrogen) atoms. The Morgan fingerprint density at radius 2 is 1.91 bits per heavy atom. The maximum absolute atomic E-state index is 13.0. The number of anilines is 1. The molecular weight excluding hydrogens is 448 g/mol. The summed E-state index contributed by atoms with van der Waals surface area (Å²) in [4.78, 5) is 31.2. The first-order valence-electron chi connectivity index (χ1n) is 11.5. The molecule has 0 spiro atoms. The minimum Gasteiger partial charge on any atom is -0.400 e. The molecule has 8 heteroatoms. The number of rotatable bonds is 10. The molecule has 1 aromatic carbocycles. The van der Waals surface area contributed by atoms with E-state index >= 15 is 0 Å². The number of nitrogens with zero attached hydrogens (tertiary/aromatic N) is 2. The second kappa shape index (κ2) is 19.7. The van der Waals surface area contributed by atoms with Gasteiger partial charge in [0.1, 0.15) is 0 Å². The zero-order valence-electron chi connectivity index (χ0n) is 20.9. The van der Waals surface area contributed by atoms with Gasteiger partial charge < -0.3 is 20.6 Å². The lowest BCUT2D eigenvalue weighted by atomic mass is 9.94. The Morgan fingerprint density at radius 3 is 2.53 bits per heavy atom. The van der Waals surface area contributed by atoms with Crippen LogP contribution < -0.4 is 10.6 Å². The monoisotopic (exact) mass is 488 g/mol. The van der Waals surface area contributed by atoms with Crippen LogP contribution in [0, 0.1) is 12.8 Å². The number of benzene rings is 1. The third-order valence-corrected chi connectivity index (χ3v) is 6.02. The lowest BCUT2D eigenvalue weighted by Crippen LogP contribution is -2.38. The van der Waals surface area contributed by atoms with Gasteiger partial charge >= 0.3 is 0 Å². The Hall–Kier alpha value is -2.76. The zero-order valence-corrected chi connectivity index (χ0v) is 21.7. The Balaban J connectivity index is 0.00000258. The molecule has 1 fully saturated rings. The third kappa shape index (κ3) is 11.4. The number of terminal acetylenes is 1. The van der Waals surface area contributed by atoms with E-state index in [0.717, 1.165) is 38.6 Å². The van der Waals surface area contributed by atoms with E-state index < -0.39 is 0 Å². The van der Waals surface area contributed by atoms with Crippen LogP contribution in [0.15, 0.2) is 34.7 Å². The average Bonchev–Trinajstić information content (AvgIpc) is 2.90. The fourth-order valence-electron chi connectivity index (χ4n) is 3.45. The normalized spacial score (nSPS) is 13.4. The van der Waals surface area contributed by atoms with Crippen LogP contribution in [0.4, 0.5) is 11.4 Å². The summed E-state index contributed by atoms with van der Waals surface area (Å²) >= 11 is 1.43. The number of hydrogen-bond acceptors (Lipinski definition) is 6. The topological polar surface area (TPSA) is 94.0 Å². The van der Waals surface area contributed by atoms with E-state index in [1.165, 1.54) is 37.4 Å². The lowest BCUT2D eigenvalue weighted by molar-refractivity contribution is -0.117. The molecule has 0 atom stereocenters. The van der Waals surface area contributed by atoms with E-state index in [1.54, 1.807) is 6.07 Å². The highest BCUT2D eigenvalue weighted by Crippen LogP contribution is 2.28. The molecule has 0 saturated heterocycles. The van der Waals surface area contributed by atoms with Gasteiger partial charge in [0.25, 0.3) is 5.91 Å². The van der Waals surface area contributed by atoms with E-state index in [9.17, 15) is 9.59 Å². The second-order valence-electron chi connectivity index (χ2n) is 7.47. The number of nitrogens with one attached hydrogen (secondary N) is 2. The number of amides is 2. The summed E-state index contributed by atoms with van der Waals surface area (Å²) in [6.45, 7) is 4.82. The highest BCUT2D eigenvalue weighted by Gasteiger charge is 2.23. The quantitative estimate of drug-likeness (QED) is 0.250. The van der Waals surface area contributed by atoms with Crippen molar-refractivity contribution in [1.29, 1.82) is 0 Å². The molecule has 1 aliphatic carbocycles. The van der Waals surface area contributed by atoms with Gasteiger partial charge in [-0.05, 0) is 49.8 Å². The van der Waals surface area contributed by atoms with E-state index in [-0.39, 0.29) is 11.8 Å². The minimum absolute atomic E-state index is 0.0205. The number of thioether (sulfide) groups is 1. The molecule has 2 rings (SSSR count). The number of aliphatic hydroxyl groups is 1. The maximum atomic E-state index is 13.0. The first-order valence-corrected chi connectivity index (χ1v) is 12.6. The minimum atomic E-state index is -0.116. The SMILES string of the molecule is C#C.C/C=C\SCC(=O)NC=Nc1cc(C(=O)N(C)C2CCCCC2)ccc1NCCC.CO. The number of carbonyl (C=O) groups is 2. The molecule has 3 N–H and O–H groups in total. The Bertz CT molecular complexity index is 802. The fraction of sp³-hybridized carbons (Fsp3) is 0.500. The summed E-state index contributed by atoms with van der Waals surface area (Å²) in [6, 6.07) is 5.86. The van der Waals surface area contributed by atoms with Gasteiger partial charge in [-0.1, -0.05) is 32.3 Å². The first-order chi connectivity index (χ1) is 16.6. The average molecular weight is 489 g/mol. The fourth-order valence-corrected chi connectivity index (χ4v) is 3.98. The molecule has 0 unspecified atom stereocenters. The van der Waals surface area contributed by atoms with Gasteiger partial charge in [0.15, 0.2) is 0 Å². The molecule has 7 nitrogen and oxygen atoms in total. The summed E-state index contributed by atoms with van der Waals surface area (Å²) in [5, 5.41) is 14.9. The van der Waals surface area contributed by atoms with E-state index in [1.807, 2.05) is 42.5 Å². The van der Waals surface area contributed by atoms with Crippen molar-refractivity contribution in [2.75, 3.05) is 31.8 Å². The van der Waals surface area contributed by atoms with Gasteiger partial charge in [0.05, 0.1) is 23.5 Å². The van der Waals surface area contributed by atoms with Crippen LogP contribution in [0.1, 0.15) is 62.7 Å². The number of hydrogen-bond donors (Lipinski definition) is 3. The number of carbonyl (C=O) groups excluding carboxylic acids is 2. The van der Waals surface area contributed by atoms with Gasteiger partial charge in [-0.25, -0.2) is 4.99 Å². The van der Waals surface area contributed by atoms with Crippen LogP contribution >= 0.6 is 11.8 Å². The highest BCUT2D eigenvalue weighted by atomic mass is 32.2. The summed E-state index contributed by atoms with van der Waals surface area (Å²) in [5.41, 5.74) is 2.11. The predicted molar refractivity (Wildman–Crippen MR) is 146 cm³/mol. The predicted octanol–water partition coefficient (Wildman–Crippen LogP) is 4.81. The standard InChI is InChI=1S/C23H34N4O2S.C2H2.CH4O/c1-4-13-24-20-12-11-18(23(29)27(3)19-9-7-6-8-10-19)15-21(20)25-17-26-22(28)16-30-14-5-2;2*1-2/h5,11-12,14-15,17,19,24H,4,6-10,13,16H2,1-3H3,(H,25,26,28);1-2H;2H,1H3/b14-5-;;. The van der Waals surface area contributed by atoms with Gasteiger partial charge in [0.2, 0.25) is 5.91 Å². The van der Waals surface area contributed by atoms with E-state index in [2.05, 4.69) is 35.4 Å². The molecule has 188 valence electrons. The number of aliphatic hydroxyl groups excluding tert-OH is 1. The summed E-state index contributed by atoms with van der Waals surface area (Å²) in [6.07, 6.45) is 18.0. The molecule has 0 aromatic heterocycles. The first kappa shape index (κ1) is 31.2. The Labute approximate surface area is 209 Å². The molecule has 0 aliphatic heterocycles. The van der Waals surface area contributed by atoms with Crippen LogP contribution in [0.3, 0.4) is 0 Å². The highest BCUT2D eigenvalue weighted by molar-refractivity contribution is 8.02. The van der Waals surface area contributed by atoms with Crippen molar-refractivity contribution in [2.45, 2.75) is 58.4 Å². The van der Waals surface area contributed by atoms with Crippen LogP contribution in [0.2, 0.25) is 0 Å². The molecule has 1 aromatic rings. The zero-order chi connectivity index (χ0) is 25.8. The van der Waals surface area contributed by atoms with Gasteiger partial charge in [-0.3, -0.25) is 9.59 Å². The largest absolute Gasteiger partial charge is 0.400 e. The summed E-state index contributed by atoms with van der Waals surface area (Å²) in [7, 11) is 2.90. The molecule has 1 aliphatic rings. The van der Waals surface area contributed by atoms with Crippen molar-refractivity contribution < 1.29 is 14.7 Å². The lowest BCUT2D eigenvalue weighted by Gasteiger charge is -2.31. The third-order valence-electron chi connectivity index (χ3n) is 5.13. The van der Waals surface area contributed by atoms with Gasteiger partial charge in [-0.2, -0.15) is 0 Å². The Kier molecular flexibility index (Phi) is 18.1. The number of allylic oxidation sites excluding steroid dienone is 1. The van der Waals surface area contributed by atoms with Crippen molar-refractivity contribution in [1.82, 2.24) is 10.2 Å². The van der Waals surface area contributed by atoms with Crippen LogP contribution in [-0.4, -0.2) is 60.7 Å². The summed E-state index contributed by atoms with van der Waals surface area (Å²) in [5.74, 6) is 0.239. The maximum Gasteiger partial charge on any atom is 0.253 e. The van der Waals surface area contributed by atoms with Crippen LogP contribution in [0.5, 0.6) is 0 Å². The van der Waals surface area contributed by atoms with E-state index in [0.29, 0.717) is 23.0 Å². The van der Waals surface area contributed by atoms with Crippen molar-refractivity contribution in [3.63, 3.8) is 0 Å².